The van der Waals surface area contributed by atoms with Crippen molar-refractivity contribution < 1.29 is 9.53 Å². The Kier molecular flexibility index (Phi) is 2.86. The fourth-order valence-corrected chi connectivity index (χ4v) is 1.67. The number of hydrogen-bond donors (Lipinski definition) is 1. The summed E-state index contributed by atoms with van der Waals surface area (Å²) < 4.78 is 4.96. The van der Waals surface area contributed by atoms with Crippen LogP contribution in [0.3, 0.4) is 0 Å². The number of amides is 1. The molecule has 4 heteroatoms. The van der Waals surface area contributed by atoms with E-state index in [0.29, 0.717) is 0 Å². The summed E-state index contributed by atoms with van der Waals surface area (Å²) >= 11 is 0. The van der Waals surface area contributed by atoms with Crippen LogP contribution in [0.4, 0.5) is 5.69 Å². The van der Waals surface area contributed by atoms with E-state index in [2.05, 4.69) is 5.32 Å². The van der Waals surface area contributed by atoms with E-state index in [1.165, 1.54) is 0 Å². The third-order valence-corrected chi connectivity index (χ3v) is 2.99. The Bertz CT molecular complexity index is 499. The Morgan fingerprint density at radius 3 is 2.71 bits per heavy atom. The van der Waals surface area contributed by atoms with Crippen LogP contribution >= 0.6 is 0 Å². The van der Waals surface area contributed by atoms with Crippen molar-refractivity contribution >= 4 is 11.6 Å². The van der Waals surface area contributed by atoms with Crippen molar-refractivity contribution in [2.24, 2.45) is 5.41 Å². The molecular formula is C13H14N2O2. The summed E-state index contributed by atoms with van der Waals surface area (Å²) in [6.45, 7) is 4.24. The van der Waals surface area contributed by atoms with Gasteiger partial charge in [0.15, 0.2) is 5.41 Å². The highest BCUT2D eigenvalue weighted by atomic mass is 16.5. The van der Waals surface area contributed by atoms with Crippen LogP contribution in [-0.4, -0.2) is 19.1 Å². The fraction of sp³-hybridized carbons (Fsp3) is 0.385. The average molecular weight is 230 g/mol. The van der Waals surface area contributed by atoms with Gasteiger partial charge in [-0.25, -0.2) is 0 Å². The predicted octanol–water partition coefficient (Wildman–Crippen LogP) is 1.78. The molecule has 1 aromatic rings. The van der Waals surface area contributed by atoms with E-state index in [0.717, 1.165) is 16.8 Å². The van der Waals surface area contributed by atoms with Crippen molar-refractivity contribution in [3.05, 3.63) is 29.3 Å². The van der Waals surface area contributed by atoms with E-state index in [-0.39, 0.29) is 19.1 Å². The molecule has 2 rings (SSSR count). The van der Waals surface area contributed by atoms with Crippen molar-refractivity contribution in [1.29, 1.82) is 5.26 Å². The first-order chi connectivity index (χ1) is 8.07. The lowest BCUT2D eigenvalue weighted by Gasteiger charge is -2.33. The van der Waals surface area contributed by atoms with E-state index in [1.54, 1.807) is 0 Å². The Morgan fingerprint density at radius 1 is 1.47 bits per heavy atom. The molecule has 1 N–H and O–H groups in total. The van der Waals surface area contributed by atoms with Crippen molar-refractivity contribution in [3.8, 4) is 6.07 Å². The van der Waals surface area contributed by atoms with Gasteiger partial charge in [-0.3, -0.25) is 4.79 Å². The van der Waals surface area contributed by atoms with Crippen molar-refractivity contribution in [2.45, 2.75) is 13.8 Å². The summed E-state index contributed by atoms with van der Waals surface area (Å²) in [7, 11) is 0. The monoisotopic (exact) mass is 230 g/mol. The van der Waals surface area contributed by atoms with Gasteiger partial charge in [0.25, 0.3) is 0 Å². The lowest BCUT2D eigenvalue weighted by Crippen LogP contribution is -2.50. The summed E-state index contributed by atoms with van der Waals surface area (Å²) in [6, 6.07) is 7.86. The molecule has 1 saturated heterocycles. The smallest absolute Gasteiger partial charge is 0.249 e. The van der Waals surface area contributed by atoms with Gasteiger partial charge in [0, 0.05) is 5.69 Å². The van der Waals surface area contributed by atoms with Gasteiger partial charge in [0.1, 0.15) is 0 Å². The topological polar surface area (TPSA) is 62.1 Å². The van der Waals surface area contributed by atoms with Crippen LogP contribution in [0.15, 0.2) is 18.2 Å². The highest BCUT2D eigenvalue weighted by molar-refractivity contribution is 5.98. The van der Waals surface area contributed by atoms with Gasteiger partial charge in [0.05, 0.1) is 19.3 Å². The average Bonchev–Trinajstić information content (AvgIpc) is 2.23. The van der Waals surface area contributed by atoms with E-state index in [4.69, 9.17) is 10.00 Å². The maximum Gasteiger partial charge on any atom is 0.249 e. The SMILES string of the molecule is Cc1ccc(C)c(NC(=O)C2(C#N)COC2)c1. The number of hydrogen-bond acceptors (Lipinski definition) is 3. The zero-order valence-corrected chi connectivity index (χ0v) is 9.91. The van der Waals surface area contributed by atoms with Crippen LogP contribution in [0.5, 0.6) is 0 Å². The molecule has 0 bridgehead atoms. The Morgan fingerprint density at radius 2 is 2.18 bits per heavy atom. The minimum atomic E-state index is -1.00. The predicted molar refractivity (Wildman–Crippen MR) is 63.4 cm³/mol. The number of aryl methyl sites for hydroxylation is 2. The third kappa shape index (κ3) is 2.02. The number of nitrogens with one attached hydrogen (secondary N) is 1. The number of benzene rings is 1. The van der Waals surface area contributed by atoms with Crippen LogP contribution in [0.25, 0.3) is 0 Å². The normalized spacial score (nSPS) is 16.8. The molecule has 0 atom stereocenters. The summed E-state index contributed by atoms with van der Waals surface area (Å²) in [5.41, 5.74) is 1.81. The summed E-state index contributed by atoms with van der Waals surface area (Å²) in [5.74, 6) is -0.278. The van der Waals surface area contributed by atoms with Crippen LogP contribution in [0.1, 0.15) is 11.1 Å². The van der Waals surface area contributed by atoms with E-state index in [1.807, 2.05) is 38.1 Å². The Balaban J connectivity index is 2.19. The molecule has 4 nitrogen and oxygen atoms in total. The second-order valence-electron chi connectivity index (χ2n) is 4.46. The van der Waals surface area contributed by atoms with Gasteiger partial charge in [-0.2, -0.15) is 5.26 Å². The van der Waals surface area contributed by atoms with Crippen molar-refractivity contribution in [1.82, 2.24) is 0 Å². The minimum Gasteiger partial charge on any atom is -0.377 e. The van der Waals surface area contributed by atoms with Crippen LogP contribution in [0.2, 0.25) is 0 Å². The molecule has 88 valence electrons. The fourth-order valence-electron chi connectivity index (χ4n) is 1.67. The Hall–Kier alpha value is -1.86. The number of anilines is 1. The molecule has 17 heavy (non-hydrogen) atoms. The summed E-state index contributed by atoms with van der Waals surface area (Å²) in [4.78, 5) is 12.0. The highest BCUT2D eigenvalue weighted by Gasteiger charge is 2.46. The number of nitriles is 1. The zero-order chi connectivity index (χ0) is 12.5. The molecule has 0 aromatic heterocycles. The van der Waals surface area contributed by atoms with Crippen LogP contribution in [-0.2, 0) is 9.53 Å². The molecule has 1 amide bonds. The number of rotatable bonds is 2. The van der Waals surface area contributed by atoms with Gasteiger partial charge in [-0.1, -0.05) is 12.1 Å². The third-order valence-electron chi connectivity index (χ3n) is 2.99. The molecule has 1 aliphatic rings. The molecule has 0 saturated carbocycles. The molecule has 0 unspecified atom stereocenters. The first kappa shape index (κ1) is 11.6. The number of carbonyl (C=O) groups is 1. The van der Waals surface area contributed by atoms with E-state index in [9.17, 15) is 4.79 Å². The van der Waals surface area contributed by atoms with Gasteiger partial charge < -0.3 is 10.1 Å². The second-order valence-corrected chi connectivity index (χ2v) is 4.46. The molecule has 0 radical (unpaired) electrons. The molecule has 0 spiro atoms. The highest BCUT2D eigenvalue weighted by Crippen LogP contribution is 2.29. The van der Waals surface area contributed by atoms with Gasteiger partial charge >= 0.3 is 0 Å². The molecule has 1 aromatic carbocycles. The quantitative estimate of drug-likeness (QED) is 0.842. The zero-order valence-electron chi connectivity index (χ0n) is 9.91. The molecule has 0 aliphatic carbocycles. The maximum atomic E-state index is 12.0. The first-order valence-corrected chi connectivity index (χ1v) is 5.45. The van der Waals surface area contributed by atoms with Crippen molar-refractivity contribution in [3.63, 3.8) is 0 Å². The molecule has 1 heterocycles. The Labute approximate surface area is 100 Å². The van der Waals surface area contributed by atoms with E-state index < -0.39 is 5.41 Å². The summed E-state index contributed by atoms with van der Waals surface area (Å²) in [6.07, 6.45) is 0. The first-order valence-electron chi connectivity index (χ1n) is 5.45. The lowest BCUT2D eigenvalue weighted by molar-refractivity contribution is -0.144. The maximum absolute atomic E-state index is 12.0. The van der Waals surface area contributed by atoms with E-state index >= 15 is 0 Å². The summed E-state index contributed by atoms with van der Waals surface area (Å²) in [5, 5.41) is 11.8. The molecule has 1 aliphatic heterocycles. The number of carbonyl (C=O) groups excluding carboxylic acids is 1. The number of nitrogens with zero attached hydrogens (tertiary/aromatic N) is 1. The van der Waals surface area contributed by atoms with Crippen LogP contribution < -0.4 is 5.32 Å². The van der Waals surface area contributed by atoms with Gasteiger partial charge in [0.2, 0.25) is 5.91 Å². The van der Waals surface area contributed by atoms with Gasteiger partial charge in [-0.05, 0) is 31.0 Å². The minimum absolute atomic E-state index is 0.181. The van der Waals surface area contributed by atoms with Gasteiger partial charge in [-0.15, -0.1) is 0 Å². The molecular weight excluding hydrogens is 216 g/mol. The molecule has 1 fully saturated rings. The number of ether oxygens (including phenoxy) is 1. The largest absolute Gasteiger partial charge is 0.377 e. The lowest BCUT2D eigenvalue weighted by atomic mass is 9.86. The standard InChI is InChI=1S/C13H14N2O2/c1-9-3-4-10(2)11(5-9)15-12(16)13(6-14)7-17-8-13/h3-5H,7-8H2,1-2H3,(H,15,16). The van der Waals surface area contributed by atoms with Crippen molar-refractivity contribution in [2.75, 3.05) is 18.5 Å². The second kappa shape index (κ2) is 4.19. The van der Waals surface area contributed by atoms with Crippen LogP contribution in [0, 0.1) is 30.6 Å².